The summed E-state index contributed by atoms with van der Waals surface area (Å²) >= 11 is 6.89. The fraction of sp³-hybridized carbons (Fsp3) is 0.231. The number of rotatable bonds is 6. The first-order chi connectivity index (χ1) is 9.51. The number of thiophene rings is 1. The molecule has 0 saturated heterocycles. The highest BCUT2D eigenvalue weighted by Gasteiger charge is 2.15. The van der Waals surface area contributed by atoms with Crippen molar-refractivity contribution in [3.05, 3.63) is 51.9 Å². The molecule has 1 heterocycles. The van der Waals surface area contributed by atoms with E-state index in [1.54, 1.807) is 17.5 Å². The second kappa shape index (κ2) is 6.69. The molecule has 20 heavy (non-hydrogen) atoms. The van der Waals surface area contributed by atoms with Gasteiger partial charge in [-0.1, -0.05) is 23.7 Å². The summed E-state index contributed by atoms with van der Waals surface area (Å²) in [5.74, 6) is 0. The number of hydrogen-bond donors (Lipinski definition) is 2. The van der Waals surface area contributed by atoms with Gasteiger partial charge in [-0.25, -0.2) is 13.1 Å². The zero-order chi connectivity index (χ0) is 14.6. The Morgan fingerprint density at radius 2 is 1.90 bits per heavy atom. The Bertz CT molecular complexity index is 665. The van der Waals surface area contributed by atoms with E-state index >= 15 is 0 Å². The van der Waals surface area contributed by atoms with Gasteiger partial charge in [0.1, 0.15) is 4.21 Å². The number of nitrogens with one attached hydrogen (secondary N) is 1. The molecule has 0 aliphatic rings. The molecular weight excluding hydrogens is 318 g/mol. The molecule has 0 bridgehead atoms. The molecule has 0 aliphatic heterocycles. The summed E-state index contributed by atoms with van der Waals surface area (Å²) in [5.41, 5.74) is 1.62. The van der Waals surface area contributed by atoms with Crippen LogP contribution < -0.4 is 4.72 Å². The first-order valence-corrected chi connectivity index (χ1v) is 8.68. The molecule has 2 rings (SSSR count). The van der Waals surface area contributed by atoms with Crippen LogP contribution in [0.15, 0.2) is 39.9 Å². The monoisotopic (exact) mass is 331 g/mol. The average molecular weight is 332 g/mol. The SMILES string of the molecule is O=S(=O)(NCCc1ccc(Cl)cc1)c1cc(CO)cs1. The van der Waals surface area contributed by atoms with Gasteiger partial charge >= 0.3 is 0 Å². The van der Waals surface area contributed by atoms with Crippen molar-refractivity contribution in [2.45, 2.75) is 17.2 Å². The van der Waals surface area contributed by atoms with Gasteiger partial charge in [0.2, 0.25) is 10.0 Å². The van der Waals surface area contributed by atoms with Crippen LogP contribution in [0.3, 0.4) is 0 Å². The van der Waals surface area contributed by atoms with Gasteiger partial charge in [0.05, 0.1) is 6.61 Å². The number of aliphatic hydroxyl groups is 1. The van der Waals surface area contributed by atoms with E-state index < -0.39 is 10.0 Å². The molecule has 0 amide bonds. The molecule has 1 aromatic carbocycles. The smallest absolute Gasteiger partial charge is 0.250 e. The van der Waals surface area contributed by atoms with Crippen molar-refractivity contribution >= 4 is 33.0 Å². The lowest BCUT2D eigenvalue weighted by Crippen LogP contribution is -2.25. The van der Waals surface area contributed by atoms with E-state index in [4.69, 9.17) is 16.7 Å². The van der Waals surface area contributed by atoms with Crippen LogP contribution in [0.5, 0.6) is 0 Å². The number of hydrogen-bond acceptors (Lipinski definition) is 4. The van der Waals surface area contributed by atoms with Crippen LogP contribution in [-0.2, 0) is 23.1 Å². The van der Waals surface area contributed by atoms with Crippen molar-refractivity contribution < 1.29 is 13.5 Å². The Morgan fingerprint density at radius 1 is 1.20 bits per heavy atom. The second-order valence-corrected chi connectivity index (χ2v) is 7.55. The molecule has 0 fully saturated rings. The van der Waals surface area contributed by atoms with Gasteiger partial charge in [0.25, 0.3) is 0 Å². The van der Waals surface area contributed by atoms with Crippen LogP contribution in [0.2, 0.25) is 5.02 Å². The average Bonchev–Trinajstić information content (AvgIpc) is 2.90. The Hall–Kier alpha value is -0.920. The van der Waals surface area contributed by atoms with E-state index in [0.717, 1.165) is 16.9 Å². The molecule has 0 spiro atoms. The predicted molar refractivity (Wildman–Crippen MR) is 80.6 cm³/mol. The van der Waals surface area contributed by atoms with Crippen LogP contribution >= 0.6 is 22.9 Å². The number of benzene rings is 1. The quantitative estimate of drug-likeness (QED) is 0.854. The number of sulfonamides is 1. The third-order valence-electron chi connectivity index (χ3n) is 2.70. The highest BCUT2D eigenvalue weighted by atomic mass is 35.5. The Kier molecular flexibility index (Phi) is 5.17. The maximum Gasteiger partial charge on any atom is 0.250 e. The van der Waals surface area contributed by atoms with Gasteiger partial charge in [-0.05, 0) is 41.1 Å². The van der Waals surface area contributed by atoms with Gasteiger partial charge in [-0.15, -0.1) is 11.3 Å². The van der Waals surface area contributed by atoms with E-state index in [1.165, 1.54) is 6.07 Å². The van der Waals surface area contributed by atoms with Crippen LogP contribution in [-0.4, -0.2) is 20.1 Å². The maximum absolute atomic E-state index is 12.0. The fourth-order valence-corrected chi connectivity index (χ4v) is 4.03. The normalized spacial score (nSPS) is 11.7. The van der Waals surface area contributed by atoms with Crippen molar-refractivity contribution in [2.24, 2.45) is 0 Å². The molecule has 2 N–H and O–H groups in total. The lowest BCUT2D eigenvalue weighted by molar-refractivity contribution is 0.282. The predicted octanol–water partition coefficient (Wildman–Crippen LogP) is 2.41. The van der Waals surface area contributed by atoms with Gasteiger partial charge in [0, 0.05) is 11.6 Å². The third-order valence-corrected chi connectivity index (χ3v) is 5.90. The zero-order valence-corrected chi connectivity index (χ0v) is 12.9. The maximum atomic E-state index is 12.0. The summed E-state index contributed by atoms with van der Waals surface area (Å²) in [6.07, 6.45) is 0.592. The van der Waals surface area contributed by atoms with E-state index in [2.05, 4.69) is 4.72 Å². The second-order valence-electron chi connectivity index (χ2n) is 4.21. The molecule has 7 heteroatoms. The molecule has 0 atom stereocenters. The standard InChI is InChI=1S/C13H14ClNO3S2/c14-12-3-1-10(2-4-12)5-6-15-20(17,18)13-7-11(8-16)9-19-13/h1-4,7,9,15-16H,5-6,8H2. The Morgan fingerprint density at radius 3 is 2.50 bits per heavy atom. The minimum atomic E-state index is -3.50. The molecule has 0 saturated carbocycles. The summed E-state index contributed by atoms with van der Waals surface area (Å²) in [4.78, 5) is 0. The lowest BCUT2D eigenvalue weighted by Gasteiger charge is -2.05. The summed E-state index contributed by atoms with van der Waals surface area (Å²) in [6, 6.07) is 8.77. The van der Waals surface area contributed by atoms with Crippen LogP contribution in [0.4, 0.5) is 0 Å². The Balaban J connectivity index is 1.94. The molecule has 0 unspecified atom stereocenters. The minimum absolute atomic E-state index is 0.156. The first-order valence-electron chi connectivity index (χ1n) is 5.93. The van der Waals surface area contributed by atoms with E-state index in [1.807, 2.05) is 12.1 Å². The topological polar surface area (TPSA) is 66.4 Å². The van der Waals surface area contributed by atoms with Gasteiger partial charge in [-0.2, -0.15) is 0 Å². The molecule has 4 nitrogen and oxygen atoms in total. The van der Waals surface area contributed by atoms with Crippen molar-refractivity contribution in [3.63, 3.8) is 0 Å². The number of halogens is 1. The summed E-state index contributed by atoms with van der Waals surface area (Å²) in [5, 5.41) is 11.2. The molecule has 0 aliphatic carbocycles. The lowest BCUT2D eigenvalue weighted by atomic mass is 10.2. The third kappa shape index (κ3) is 4.04. The van der Waals surface area contributed by atoms with E-state index in [-0.39, 0.29) is 10.8 Å². The van der Waals surface area contributed by atoms with Crippen LogP contribution in [0.25, 0.3) is 0 Å². The van der Waals surface area contributed by atoms with Crippen LogP contribution in [0.1, 0.15) is 11.1 Å². The first kappa shape index (κ1) is 15.5. The highest BCUT2D eigenvalue weighted by Crippen LogP contribution is 2.20. The van der Waals surface area contributed by atoms with E-state index in [9.17, 15) is 8.42 Å². The molecule has 108 valence electrons. The summed E-state index contributed by atoms with van der Waals surface area (Å²) in [7, 11) is -3.50. The molecule has 0 radical (unpaired) electrons. The van der Waals surface area contributed by atoms with Crippen molar-refractivity contribution in [3.8, 4) is 0 Å². The zero-order valence-electron chi connectivity index (χ0n) is 10.5. The van der Waals surface area contributed by atoms with Gasteiger partial charge < -0.3 is 5.11 Å². The summed E-state index contributed by atoms with van der Waals surface area (Å²) in [6.45, 7) is 0.160. The minimum Gasteiger partial charge on any atom is -0.392 e. The van der Waals surface area contributed by atoms with Gasteiger partial charge in [-0.3, -0.25) is 0 Å². The van der Waals surface area contributed by atoms with Crippen molar-refractivity contribution in [1.29, 1.82) is 0 Å². The molecule has 2 aromatic rings. The largest absolute Gasteiger partial charge is 0.392 e. The van der Waals surface area contributed by atoms with Gasteiger partial charge in [0.15, 0.2) is 0 Å². The van der Waals surface area contributed by atoms with Crippen LogP contribution in [0, 0.1) is 0 Å². The van der Waals surface area contributed by atoms with Crippen molar-refractivity contribution in [1.82, 2.24) is 4.72 Å². The van der Waals surface area contributed by atoms with Crippen molar-refractivity contribution in [2.75, 3.05) is 6.54 Å². The fourth-order valence-electron chi connectivity index (χ4n) is 1.63. The number of aliphatic hydroxyl groups excluding tert-OH is 1. The van der Waals surface area contributed by atoms with E-state index in [0.29, 0.717) is 23.6 Å². The Labute approximate surface area is 127 Å². The molecular formula is C13H14ClNO3S2. The summed E-state index contributed by atoms with van der Waals surface area (Å²) < 4.78 is 26.8. The highest BCUT2D eigenvalue weighted by molar-refractivity contribution is 7.91. The molecule has 1 aromatic heterocycles.